The summed E-state index contributed by atoms with van der Waals surface area (Å²) in [6, 6.07) is 0. The summed E-state index contributed by atoms with van der Waals surface area (Å²) >= 11 is 1.46. The molecule has 0 amide bonds. The largest absolute Gasteiger partial charge is 0.237 e. The molecule has 1 rings (SSSR count). The molecule has 5 heteroatoms. The van der Waals surface area contributed by atoms with Gasteiger partial charge < -0.3 is 0 Å². The standard InChI is InChI=1S/C10H18N2O2S/c1-3-5-6-7-10-9(11-12-15-10)8-14-13-4-2/h3-8H2,1-2H3. The Labute approximate surface area is 94.7 Å². The smallest absolute Gasteiger partial charge is 0.127 e. The van der Waals surface area contributed by atoms with E-state index in [-0.39, 0.29) is 0 Å². The number of unbranched alkanes of at least 4 members (excludes halogenated alkanes) is 2. The van der Waals surface area contributed by atoms with Crippen molar-refractivity contribution in [2.45, 2.75) is 46.1 Å². The Morgan fingerprint density at radius 1 is 1.20 bits per heavy atom. The molecular formula is C10H18N2O2S. The van der Waals surface area contributed by atoms with E-state index in [9.17, 15) is 0 Å². The second-order valence-corrected chi connectivity index (χ2v) is 4.11. The molecule has 0 saturated carbocycles. The fraction of sp³-hybridized carbons (Fsp3) is 0.800. The molecule has 4 nitrogen and oxygen atoms in total. The zero-order chi connectivity index (χ0) is 10.9. The van der Waals surface area contributed by atoms with E-state index >= 15 is 0 Å². The second kappa shape index (κ2) is 7.73. The SMILES string of the molecule is CCCCCc1snnc1COOCC. The maximum atomic E-state index is 4.98. The third-order valence-electron chi connectivity index (χ3n) is 2.04. The maximum Gasteiger partial charge on any atom is 0.127 e. The van der Waals surface area contributed by atoms with E-state index in [1.807, 2.05) is 6.92 Å². The van der Waals surface area contributed by atoms with E-state index in [1.54, 1.807) is 0 Å². The average Bonchev–Trinajstić information content (AvgIpc) is 2.67. The summed E-state index contributed by atoms with van der Waals surface area (Å²) in [5.41, 5.74) is 0.921. The summed E-state index contributed by atoms with van der Waals surface area (Å²) in [5, 5.41) is 4.03. The van der Waals surface area contributed by atoms with Gasteiger partial charge >= 0.3 is 0 Å². The third-order valence-corrected chi connectivity index (χ3v) is 2.86. The zero-order valence-electron chi connectivity index (χ0n) is 9.36. The van der Waals surface area contributed by atoms with Crippen LogP contribution in [-0.2, 0) is 22.8 Å². The van der Waals surface area contributed by atoms with Crippen molar-refractivity contribution in [2.75, 3.05) is 6.61 Å². The minimum Gasteiger partial charge on any atom is -0.237 e. The van der Waals surface area contributed by atoms with Crippen molar-refractivity contribution in [1.82, 2.24) is 9.59 Å². The summed E-state index contributed by atoms with van der Waals surface area (Å²) in [4.78, 5) is 11.0. The predicted molar refractivity (Wildman–Crippen MR) is 59.6 cm³/mol. The third kappa shape index (κ3) is 4.68. The highest BCUT2D eigenvalue weighted by Gasteiger charge is 2.07. The molecule has 1 heterocycles. The van der Waals surface area contributed by atoms with E-state index < -0.39 is 0 Å². The van der Waals surface area contributed by atoms with Gasteiger partial charge in [-0.1, -0.05) is 24.3 Å². The van der Waals surface area contributed by atoms with Crippen molar-refractivity contribution in [2.24, 2.45) is 0 Å². The molecule has 0 N–H and O–H groups in total. The van der Waals surface area contributed by atoms with E-state index in [0.29, 0.717) is 13.2 Å². The van der Waals surface area contributed by atoms with E-state index in [2.05, 4.69) is 16.5 Å². The van der Waals surface area contributed by atoms with Crippen LogP contribution in [0.2, 0.25) is 0 Å². The Bertz CT molecular complexity index is 241. The van der Waals surface area contributed by atoms with Crippen LogP contribution >= 0.6 is 11.5 Å². The van der Waals surface area contributed by atoms with Crippen molar-refractivity contribution >= 4 is 11.5 Å². The molecule has 0 spiro atoms. The van der Waals surface area contributed by atoms with Gasteiger partial charge in [0.05, 0.1) is 11.5 Å². The maximum absolute atomic E-state index is 4.98. The minimum atomic E-state index is 0.409. The lowest BCUT2D eigenvalue weighted by atomic mass is 10.1. The molecule has 86 valence electrons. The Morgan fingerprint density at radius 3 is 2.80 bits per heavy atom. The Kier molecular flexibility index (Phi) is 6.47. The zero-order valence-corrected chi connectivity index (χ0v) is 10.2. The van der Waals surface area contributed by atoms with E-state index in [4.69, 9.17) is 9.78 Å². The molecule has 0 saturated heterocycles. The van der Waals surface area contributed by atoms with E-state index in [0.717, 1.165) is 12.1 Å². The second-order valence-electron chi connectivity index (χ2n) is 3.27. The van der Waals surface area contributed by atoms with Crippen LogP contribution in [-0.4, -0.2) is 16.2 Å². The molecule has 0 aliphatic carbocycles. The molecule has 15 heavy (non-hydrogen) atoms. The lowest BCUT2D eigenvalue weighted by Gasteiger charge is -2.01. The molecule has 0 unspecified atom stereocenters. The fourth-order valence-corrected chi connectivity index (χ4v) is 1.92. The van der Waals surface area contributed by atoms with Gasteiger partial charge in [0.1, 0.15) is 12.3 Å². The molecule has 0 bridgehead atoms. The summed E-state index contributed by atoms with van der Waals surface area (Å²) in [6.07, 6.45) is 4.74. The monoisotopic (exact) mass is 230 g/mol. The molecule has 0 aliphatic rings. The van der Waals surface area contributed by atoms with Crippen LogP contribution in [0.3, 0.4) is 0 Å². The highest BCUT2D eigenvalue weighted by atomic mass is 32.1. The first-order valence-electron chi connectivity index (χ1n) is 5.43. The highest BCUT2D eigenvalue weighted by Crippen LogP contribution is 2.15. The molecule has 1 aromatic heterocycles. The van der Waals surface area contributed by atoms with Crippen molar-refractivity contribution in [3.05, 3.63) is 10.6 Å². The molecule has 0 aliphatic heterocycles. The van der Waals surface area contributed by atoms with Crippen molar-refractivity contribution in [3.8, 4) is 0 Å². The van der Waals surface area contributed by atoms with Crippen LogP contribution in [0.4, 0.5) is 0 Å². The lowest BCUT2D eigenvalue weighted by molar-refractivity contribution is -0.301. The van der Waals surface area contributed by atoms with Crippen LogP contribution < -0.4 is 0 Å². The molecule has 0 aromatic carbocycles. The Balaban J connectivity index is 2.32. The quantitative estimate of drug-likeness (QED) is 0.391. The number of aromatic nitrogens is 2. The van der Waals surface area contributed by atoms with Crippen LogP contribution in [0, 0.1) is 0 Å². The van der Waals surface area contributed by atoms with Gasteiger partial charge in [-0.15, -0.1) is 5.10 Å². The summed E-state index contributed by atoms with van der Waals surface area (Å²) in [7, 11) is 0. The fourth-order valence-electron chi connectivity index (χ4n) is 1.24. The first-order chi connectivity index (χ1) is 7.38. The lowest BCUT2D eigenvalue weighted by Crippen LogP contribution is -1.98. The normalized spacial score (nSPS) is 10.8. The predicted octanol–water partition coefficient (Wildman–Crippen LogP) is 2.74. The number of nitrogens with zero attached hydrogens (tertiary/aromatic N) is 2. The van der Waals surface area contributed by atoms with Crippen LogP contribution in [0.15, 0.2) is 0 Å². The van der Waals surface area contributed by atoms with E-state index in [1.165, 1.54) is 35.7 Å². The van der Waals surface area contributed by atoms with Crippen molar-refractivity contribution in [1.29, 1.82) is 0 Å². The molecule has 0 fully saturated rings. The number of aryl methyl sites for hydroxylation is 1. The van der Waals surface area contributed by atoms with Crippen molar-refractivity contribution < 1.29 is 9.78 Å². The molecule has 1 aromatic rings. The van der Waals surface area contributed by atoms with Gasteiger partial charge in [-0.2, -0.15) is 0 Å². The van der Waals surface area contributed by atoms with Gasteiger partial charge in [0.25, 0.3) is 0 Å². The van der Waals surface area contributed by atoms with Gasteiger partial charge in [0.15, 0.2) is 0 Å². The van der Waals surface area contributed by atoms with Gasteiger partial charge in [-0.25, -0.2) is 9.78 Å². The van der Waals surface area contributed by atoms with Gasteiger partial charge in [-0.3, -0.25) is 0 Å². The minimum absolute atomic E-state index is 0.409. The molecule has 0 radical (unpaired) electrons. The number of hydrogen-bond donors (Lipinski definition) is 0. The average molecular weight is 230 g/mol. The summed E-state index contributed by atoms with van der Waals surface area (Å²) < 4.78 is 3.94. The topological polar surface area (TPSA) is 44.2 Å². The first kappa shape index (κ1) is 12.5. The Morgan fingerprint density at radius 2 is 2.07 bits per heavy atom. The highest BCUT2D eigenvalue weighted by molar-refractivity contribution is 7.05. The molecular weight excluding hydrogens is 212 g/mol. The van der Waals surface area contributed by atoms with Crippen molar-refractivity contribution in [3.63, 3.8) is 0 Å². The van der Waals surface area contributed by atoms with Crippen LogP contribution in [0.1, 0.15) is 43.7 Å². The Hall–Kier alpha value is -0.520. The van der Waals surface area contributed by atoms with Crippen LogP contribution in [0.25, 0.3) is 0 Å². The number of rotatable bonds is 8. The van der Waals surface area contributed by atoms with Gasteiger partial charge in [0, 0.05) is 0 Å². The molecule has 0 atom stereocenters. The first-order valence-corrected chi connectivity index (χ1v) is 6.20. The van der Waals surface area contributed by atoms with Gasteiger partial charge in [-0.05, 0) is 31.3 Å². The van der Waals surface area contributed by atoms with Gasteiger partial charge in [0.2, 0.25) is 0 Å². The summed E-state index contributed by atoms with van der Waals surface area (Å²) in [6.45, 7) is 5.06. The summed E-state index contributed by atoms with van der Waals surface area (Å²) in [5.74, 6) is 0. The van der Waals surface area contributed by atoms with Crippen LogP contribution in [0.5, 0.6) is 0 Å². The number of hydrogen-bond acceptors (Lipinski definition) is 5.